The van der Waals surface area contributed by atoms with E-state index in [0.29, 0.717) is 24.7 Å². The fraction of sp³-hybridized carbons (Fsp3) is 0.333. The molecule has 0 saturated carbocycles. The van der Waals surface area contributed by atoms with Crippen molar-refractivity contribution in [3.63, 3.8) is 0 Å². The Balaban J connectivity index is 1.55. The molecule has 2 aromatic carbocycles. The summed E-state index contributed by atoms with van der Waals surface area (Å²) in [6.45, 7) is 2.59. The van der Waals surface area contributed by atoms with E-state index in [1.165, 1.54) is 0 Å². The normalized spacial score (nSPS) is 17.9. The summed E-state index contributed by atoms with van der Waals surface area (Å²) in [6, 6.07) is 15.6. The maximum Gasteiger partial charge on any atom is 0.307 e. The van der Waals surface area contributed by atoms with Crippen LogP contribution in [0.15, 0.2) is 53.7 Å². The van der Waals surface area contributed by atoms with Crippen LogP contribution in [0.1, 0.15) is 18.4 Å². The Kier molecular flexibility index (Phi) is 6.85. The van der Waals surface area contributed by atoms with E-state index in [0.717, 1.165) is 36.1 Å². The Labute approximate surface area is 164 Å². The molecule has 0 aliphatic carbocycles. The fourth-order valence-corrected chi connectivity index (χ4v) is 3.55. The molecule has 2 aromatic rings. The van der Waals surface area contributed by atoms with Crippen LogP contribution in [-0.2, 0) is 9.63 Å². The van der Waals surface area contributed by atoms with Gasteiger partial charge in [-0.05, 0) is 31.0 Å². The highest BCUT2D eigenvalue weighted by molar-refractivity contribution is 6.33. The molecule has 27 heavy (non-hydrogen) atoms. The first-order valence-electron chi connectivity index (χ1n) is 9.09. The Hall–Kier alpha value is -2.37. The van der Waals surface area contributed by atoms with Gasteiger partial charge in [-0.3, -0.25) is 9.69 Å². The number of halogens is 1. The predicted molar refractivity (Wildman–Crippen MR) is 107 cm³/mol. The maximum atomic E-state index is 11.1. The van der Waals surface area contributed by atoms with E-state index < -0.39 is 5.97 Å². The summed E-state index contributed by atoms with van der Waals surface area (Å²) in [4.78, 5) is 18.6. The summed E-state index contributed by atoms with van der Waals surface area (Å²) < 4.78 is 0. The topological polar surface area (TPSA) is 62.1 Å². The third-order valence-corrected chi connectivity index (χ3v) is 5.07. The van der Waals surface area contributed by atoms with E-state index in [-0.39, 0.29) is 5.92 Å². The van der Waals surface area contributed by atoms with Crippen LogP contribution < -0.4 is 0 Å². The minimum atomic E-state index is -0.713. The number of carbonyl (C=O) groups is 1. The van der Waals surface area contributed by atoms with Crippen LogP contribution in [0.2, 0.25) is 5.02 Å². The third kappa shape index (κ3) is 5.31. The van der Waals surface area contributed by atoms with Crippen molar-refractivity contribution in [2.75, 3.05) is 26.2 Å². The molecule has 1 saturated heterocycles. The summed E-state index contributed by atoms with van der Waals surface area (Å²) in [5.74, 6) is -0.987. The number of rotatable bonds is 7. The molecule has 1 aliphatic heterocycles. The zero-order valence-electron chi connectivity index (χ0n) is 15.1. The molecule has 0 spiro atoms. The summed E-state index contributed by atoms with van der Waals surface area (Å²) in [5, 5.41) is 13.9. The molecule has 5 nitrogen and oxygen atoms in total. The smallest absolute Gasteiger partial charge is 0.307 e. The van der Waals surface area contributed by atoms with E-state index in [9.17, 15) is 4.79 Å². The molecule has 142 valence electrons. The Morgan fingerprint density at radius 3 is 2.74 bits per heavy atom. The van der Waals surface area contributed by atoms with Gasteiger partial charge in [-0.2, -0.15) is 0 Å². The maximum absolute atomic E-state index is 11.1. The van der Waals surface area contributed by atoms with Gasteiger partial charge in [-0.1, -0.05) is 59.2 Å². The van der Waals surface area contributed by atoms with E-state index in [2.05, 4.69) is 10.1 Å². The van der Waals surface area contributed by atoms with Crippen LogP contribution in [0.3, 0.4) is 0 Å². The Morgan fingerprint density at radius 1 is 1.22 bits per heavy atom. The first kappa shape index (κ1) is 19.4. The summed E-state index contributed by atoms with van der Waals surface area (Å²) >= 11 is 6.31. The number of piperidine rings is 1. The van der Waals surface area contributed by atoms with Gasteiger partial charge in [0.2, 0.25) is 0 Å². The van der Waals surface area contributed by atoms with Gasteiger partial charge in [-0.25, -0.2) is 0 Å². The van der Waals surface area contributed by atoms with Crippen molar-refractivity contribution in [2.45, 2.75) is 12.8 Å². The van der Waals surface area contributed by atoms with Gasteiger partial charge in [-0.15, -0.1) is 0 Å². The van der Waals surface area contributed by atoms with Gasteiger partial charge in [0, 0.05) is 29.2 Å². The number of carboxylic acid groups (broad SMARTS) is 1. The molecule has 0 bridgehead atoms. The van der Waals surface area contributed by atoms with Crippen molar-refractivity contribution in [3.8, 4) is 11.1 Å². The van der Waals surface area contributed by atoms with Gasteiger partial charge in [0.15, 0.2) is 0 Å². The van der Waals surface area contributed by atoms with E-state index in [1.807, 2.05) is 48.5 Å². The lowest BCUT2D eigenvalue weighted by Gasteiger charge is -2.29. The molecule has 1 heterocycles. The van der Waals surface area contributed by atoms with Crippen molar-refractivity contribution in [2.24, 2.45) is 11.1 Å². The number of oxime groups is 1. The van der Waals surface area contributed by atoms with E-state index in [4.69, 9.17) is 21.5 Å². The molecule has 1 atom stereocenters. The lowest BCUT2D eigenvalue weighted by molar-refractivity contribution is -0.143. The second-order valence-electron chi connectivity index (χ2n) is 6.61. The average molecular weight is 387 g/mol. The number of nitrogens with zero attached hydrogens (tertiary/aromatic N) is 2. The molecule has 0 radical (unpaired) electrons. The van der Waals surface area contributed by atoms with Crippen molar-refractivity contribution in [3.05, 3.63) is 59.1 Å². The minimum Gasteiger partial charge on any atom is -0.481 e. The number of carboxylic acids is 1. The zero-order chi connectivity index (χ0) is 19.1. The van der Waals surface area contributed by atoms with Gasteiger partial charge in [0.05, 0.1) is 12.1 Å². The molecule has 6 heteroatoms. The van der Waals surface area contributed by atoms with Crippen LogP contribution >= 0.6 is 11.6 Å². The number of aliphatic carboxylic acids is 1. The number of likely N-dealkylation sites (tertiary alicyclic amines) is 1. The van der Waals surface area contributed by atoms with Gasteiger partial charge in [0.1, 0.15) is 6.61 Å². The van der Waals surface area contributed by atoms with Crippen LogP contribution in [0.5, 0.6) is 0 Å². The lowest BCUT2D eigenvalue weighted by atomic mass is 9.98. The van der Waals surface area contributed by atoms with Crippen molar-refractivity contribution in [1.82, 2.24) is 4.90 Å². The van der Waals surface area contributed by atoms with Crippen LogP contribution in [0.25, 0.3) is 11.1 Å². The molecule has 1 unspecified atom stereocenters. The average Bonchev–Trinajstić information content (AvgIpc) is 2.69. The highest BCUT2D eigenvalue weighted by Crippen LogP contribution is 2.29. The molecular formula is C21H23ClN2O3. The standard InChI is InChI=1S/C21H23ClN2O3/c22-20-10-4-3-9-19(20)18-8-2-1-6-16(18)14-23-27-13-12-24-11-5-7-17(15-24)21(25)26/h1-4,6,8-10,14,17H,5,7,11-13,15H2,(H,25,26). The first-order chi connectivity index (χ1) is 13.1. The first-order valence-corrected chi connectivity index (χ1v) is 9.47. The molecule has 3 rings (SSSR count). The molecule has 0 aromatic heterocycles. The fourth-order valence-electron chi connectivity index (χ4n) is 3.31. The summed E-state index contributed by atoms with van der Waals surface area (Å²) in [6.07, 6.45) is 3.35. The van der Waals surface area contributed by atoms with Crippen LogP contribution in [0.4, 0.5) is 0 Å². The second-order valence-corrected chi connectivity index (χ2v) is 7.02. The van der Waals surface area contributed by atoms with Crippen LogP contribution in [0, 0.1) is 5.92 Å². The summed E-state index contributed by atoms with van der Waals surface area (Å²) in [5.41, 5.74) is 2.87. The number of benzene rings is 2. The van der Waals surface area contributed by atoms with Gasteiger partial charge in [0.25, 0.3) is 0 Å². The van der Waals surface area contributed by atoms with Crippen molar-refractivity contribution >= 4 is 23.8 Å². The highest BCUT2D eigenvalue weighted by atomic mass is 35.5. The SMILES string of the molecule is O=C(O)C1CCCN(CCON=Cc2ccccc2-c2ccccc2Cl)C1. The van der Waals surface area contributed by atoms with Crippen LogP contribution in [-0.4, -0.2) is 48.4 Å². The summed E-state index contributed by atoms with van der Waals surface area (Å²) in [7, 11) is 0. The molecule has 1 aliphatic rings. The monoisotopic (exact) mass is 386 g/mol. The minimum absolute atomic E-state index is 0.273. The predicted octanol–water partition coefficient (Wildman–Crippen LogP) is 4.15. The second kappa shape index (κ2) is 9.53. The van der Waals surface area contributed by atoms with Crippen molar-refractivity contribution < 1.29 is 14.7 Å². The van der Waals surface area contributed by atoms with E-state index >= 15 is 0 Å². The Morgan fingerprint density at radius 2 is 1.96 bits per heavy atom. The third-order valence-electron chi connectivity index (χ3n) is 4.74. The number of hydrogen-bond donors (Lipinski definition) is 1. The largest absolute Gasteiger partial charge is 0.481 e. The van der Waals surface area contributed by atoms with Gasteiger partial charge >= 0.3 is 5.97 Å². The molecule has 0 amide bonds. The van der Waals surface area contributed by atoms with Gasteiger partial charge < -0.3 is 9.94 Å². The molecule has 1 fully saturated rings. The molecular weight excluding hydrogens is 364 g/mol. The lowest BCUT2D eigenvalue weighted by Crippen LogP contribution is -2.40. The molecule has 1 N–H and O–H groups in total. The van der Waals surface area contributed by atoms with Crippen molar-refractivity contribution in [1.29, 1.82) is 0 Å². The quantitative estimate of drug-likeness (QED) is 0.441. The number of hydrogen-bond acceptors (Lipinski definition) is 4. The Bertz CT molecular complexity index is 810. The van der Waals surface area contributed by atoms with E-state index in [1.54, 1.807) is 6.21 Å². The highest BCUT2D eigenvalue weighted by Gasteiger charge is 2.24. The zero-order valence-corrected chi connectivity index (χ0v) is 15.8.